The number of hydrogen-bond acceptors (Lipinski definition) is 3. The molecule has 2 aromatic carbocycles. The summed E-state index contributed by atoms with van der Waals surface area (Å²) in [6.07, 6.45) is 0. The summed E-state index contributed by atoms with van der Waals surface area (Å²) in [5.41, 5.74) is 1.18. The topological polar surface area (TPSA) is 43.9 Å². The number of anilines is 2. The number of rotatable bonds is 4. The van der Waals surface area contributed by atoms with Gasteiger partial charge in [0, 0.05) is 43.8 Å². The number of hydrogen-bond donors (Lipinski definition) is 0. The summed E-state index contributed by atoms with van der Waals surface area (Å²) in [5.74, 6) is -0.605. The van der Waals surface area contributed by atoms with Crippen molar-refractivity contribution in [2.75, 3.05) is 42.5 Å². The predicted octanol–water partition coefficient (Wildman–Crippen LogP) is 3.18. The fraction of sp³-hybridized carbons (Fsp3) is 0.300. The third kappa shape index (κ3) is 4.57. The number of carbonyl (C=O) groups excluding carboxylic acids is 2. The predicted molar refractivity (Wildman–Crippen MR) is 105 cm³/mol. The van der Waals surface area contributed by atoms with E-state index >= 15 is 0 Å². The van der Waals surface area contributed by atoms with Gasteiger partial charge >= 0.3 is 0 Å². The number of amides is 2. The minimum absolute atomic E-state index is 0.0311. The summed E-state index contributed by atoms with van der Waals surface area (Å²) in [7, 11) is 0. The van der Waals surface area contributed by atoms with Gasteiger partial charge in [-0.3, -0.25) is 9.59 Å². The first-order valence-electron chi connectivity index (χ1n) is 8.76. The highest BCUT2D eigenvalue weighted by molar-refractivity contribution is 6.30. The van der Waals surface area contributed by atoms with Crippen LogP contribution in [0.2, 0.25) is 5.02 Å². The van der Waals surface area contributed by atoms with Gasteiger partial charge in [0.05, 0.1) is 5.69 Å². The van der Waals surface area contributed by atoms with Gasteiger partial charge in [-0.1, -0.05) is 23.7 Å². The fourth-order valence-electron chi connectivity index (χ4n) is 3.15. The van der Waals surface area contributed by atoms with E-state index in [2.05, 4.69) is 0 Å². The standard InChI is InChI=1S/C20H21ClFN3O2/c1-15(26)25(17-8-6-16(21)7-9-17)14-20(27)24-12-10-23(11-13-24)19-5-3-2-4-18(19)22/h2-9H,10-14H2,1H3. The zero-order chi connectivity index (χ0) is 19.4. The second kappa shape index (κ2) is 8.39. The van der Waals surface area contributed by atoms with Gasteiger partial charge < -0.3 is 14.7 Å². The van der Waals surface area contributed by atoms with E-state index in [-0.39, 0.29) is 24.2 Å². The Bertz CT molecular complexity index is 820. The third-order valence-corrected chi connectivity index (χ3v) is 4.89. The van der Waals surface area contributed by atoms with Crippen LogP contribution in [0.4, 0.5) is 15.8 Å². The van der Waals surface area contributed by atoms with Crippen LogP contribution in [0.3, 0.4) is 0 Å². The smallest absolute Gasteiger partial charge is 0.242 e. The van der Waals surface area contributed by atoms with Crippen molar-refractivity contribution >= 4 is 34.8 Å². The van der Waals surface area contributed by atoms with Crippen molar-refractivity contribution in [3.63, 3.8) is 0 Å². The summed E-state index contributed by atoms with van der Waals surface area (Å²) in [5, 5.41) is 0.567. The maximum Gasteiger partial charge on any atom is 0.242 e. The quantitative estimate of drug-likeness (QED) is 0.806. The van der Waals surface area contributed by atoms with Crippen LogP contribution in [-0.4, -0.2) is 49.4 Å². The number of para-hydroxylation sites is 1. The molecule has 3 rings (SSSR count). The van der Waals surface area contributed by atoms with Crippen LogP contribution in [-0.2, 0) is 9.59 Å². The molecule has 0 bridgehead atoms. The van der Waals surface area contributed by atoms with Crippen molar-refractivity contribution in [2.24, 2.45) is 0 Å². The first-order chi connectivity index (χ1) is 13.0. The molecule has 0 N–H and O–H groups in total. The van der Waals surface area contributed by atoms with Gasteiger partial charge in [0.1, 0.15) is 12.4 Å². The van der Waals surface area contributed by atoms with Crippen LogP contribution in [0.15, 0.2) is 48.5 Å². The number of nitrogens with zero attached hydrogens (tertiary/aromatic N) is 3. The lowest BCUT2D eigenvalue weighted by Gasteiger charge is -2.37. The van der Waals surface area contributed by atoms with E-state index in [0.29, 0.717) is 42.6 Å². The second-order valence-corrected chi connectivity index (χ2v) is 6.84. The van der Waals surface area contributed by atoms with Crippen LogP contribution in [0.25, 0.3) is 0 Å². The normalized spacial score (nSPS) is 14.2. The molecule has 1 aliphatic rings. The van der Waals surface area contributed by atoms with Gasteiger partial charge in [-0.25, -0.2) is 4.39 Å². The molecule has 27 heavy (non-hydrogen) atoms. The maximum atomic E-state index is 13.9. The number of halogens is 2. The largest absolute Gasteiger partial charge is 0.366 e. The lowest BCUT2D eigenvalue weighted by molar-refractivity contribution is -0.131. The van der Waals surface area contributed by atoms with Gasteiger partial charge in [-0.15, -0.1) is 0 Å². The highest BCUT2D eigenvalue weighted by Crippen LogP contribution is 2.21. The molecule has 0 aliphatic carbocycles. The molecule has 0 atom stereocenters. The van der Waals surface area contributed by atoms with E-state index in [9.17, 15) is 14.0 Å². The first-order valence-corrected chi connectivity index (χ1v) is 9.14. The SMILES string of the molecule is CC(=O)N(CC(=O)N1CCN(c2ccccc2F)CC1)c1ccc(Cl)cc1. The molecular weight excluding hydrogens is 369 g/mol. The van der Waals surface area contributed by atoms with Crippen molar-refractivity contribution in [1.29, 1.82) is 0 Å². The molecule has 0 saturated carbocycles. The van der Waals surface area contributed by atoms with Crippen LogP contribution < -0.4 is 9.80 Å². The van der Waals surface area contributed by atoms with Crippen LogP contribution in [0.5, 0.6) is 0 Å². The van der Waals surface area contributed by atoms with Gasteiger partial charge in [-0.05, 0) is 36.4 Å². The van der Waals surface area contributed by atoms with Crippen molar-refractivity contribution in [2.45, 2.75) is 6.92 Å². The maximum absolute atomic E-state index is 13.9. The molecule has 5 nitrogen and oxygen atoms in total. The molecule has 142 valence electrons. The van der Waals surface area contributed by atoms with Gasteiger partial charge in [-0.2, -0.15) is 0 Å². The average molecular weight is 390 g/mol. The van der Waals surface area contributed by atoms with E-state index in [4.69, 9.17) is 11.6 Å². The monoisotopic (exact) mass is 389 g/mol. The Hall–Kier alpha value is -2.60. The Balaban J connectivity index is 1.62. The Morgan fingerprint density at radius 3 is 2.26 bits per heavy atom. The van der Waals surface area contributed by atoms with Gasteiger partial charge in [0.25, 0.3) is 0 Å². The van der Waals surface area contributed by atoms with E-state index in [1.165, 1.54) is 17.9 Å². The molecule has 2 aromatic rings. The second-order valence-electron chi connectivity index (χ2n) is 6.40. The summed E-state index contributed by atoms with van der Waals surface area (Å²) in [6, 6.07) is 13.4. The summed E-state index contributed by atoms with van der Waals surface area (Å²) in [4.78, 5) is 29.7. The van der Waals surface area contributed by atoms with Crippen molar-refractivity contribution in [3.05, 3.63) is 59.4 Å². The number of carbonyl (C=O) groups is 2. The number of piperazine rings is 1. The van der Waals surface area contributed by atoms with Gasteiger partial charge in [0.15, 0.2) is 0 Å². The van der Waals surface area contributed by atoms with Gasteiger partial charge in [0.2, 0.25) is 11.8 Å². The van der Waals surface area contributed by atoms with Crippen molar-refractivity contribution in [3.8, 4) is 0 Å². The molecule has 0 spiro atoms. The molecular formula is C20H21ClFN3O2. The molecule has 2 amide bonds. The summed E-state index contributed by atoms with van der Waals surface area (Å²) >= 11 is 5.89. The Morgan fingerprint density at radius 1 is 1.04 bits per heavy atom. The summed E-state index contributed by atoms with van der Waals surface area (Å²) < 4.78 is 13.9. The molecule has 1 aliphatic heterocycles. The Labute approximate surface area is 162 Å². The zero-order valence-corrected chi connectivity index (χ0v) is 15.8. The minimum Gasteiger partial charge on any atom is -0.366 e. The van der Waals surface area contributed by atoms with E-state index in [1.807, 2.05) is 4.90 Å². The fourth-order valence-corrected chi connectivity index (χ4v) is 3.27. The zero-order valence-electron chi connectivity index (χ0n) is 15.1. The first kappa shape index (κ1) is 19.2. The van der Waals surface area contributed by atoms with Crippen LogP contribution in [0.1, 0.15) is 6.92 Å². The summed E-state index contributed by atoms with van der Waals surface area (Å²) in [6.45, 7) is 3.47. The van der Waals surface area contributed by atoms with Crippen molar-refractivity contribution < 1.29 is 14.0 Å². The molecule has 0 unspecified atom stereocenters. The van der Waals surface area contributed by atoms with Crippen LogP contribution in [0, 0.1) is 5.82 Å². The van der Waals surface area contributed by atoms with Crippen molar-refractivity contribution in [1.82, 2.24) is 4.90 Å². The molecule has 0 radical (unpaired) electrons. The highest BCUT2D eigenvalue weighted by atomic mass is 35.5. The molecule has 0 aromatic heterocycles. The third-order valence-electron chi connectivity index (χ3n) is 4.64. The van der Waals surface area contributed by atoms with E-state index in [1.54, 1.807) is 47.4 Å². The number of benzene rings is 2. The Kier molecular flexibility index (Phi) is 5.96. The Morgan fingerprint density at radius 2 is 1.67 bits per heavy atom. The molecule has 1 fully saturated rings. The lowest BCUT2D eigenvalue weighted by atomic mass is 10.2. The average Bonchev–Trinajstić information content (AvgIpc) is 2.67. The van der Waals surface area contributed by atoms with E-state index < -0.39 is 0 Å². The molecule has 7 heteroatoms. The molecule has 1 saturated heterocycles. The lowest BCUT2D eigenvalue weighted by Crippen LogP contribution is -2.52. The van der Waals surface area contributed by atoms with Crippen LogP contribution >= 0.6 is 11.6 Å². The van der Waals surface area contributed by atoms with E-state index in [0.717, 1.165) is 0 Å². The highest BCUT2D eigenvalue weighted by Gasteiger charge is 2.25. The molecule has 1 heterocycles. The minimum atomic E-state index is -0.261.